The van der Waals surface area contributed by atoms with Crippen LogP contribution in [-0.2, 0) is 20.9 Å². The predicted octanol–water partition coefficient (Wildman–Crippen LogP) is 3.44. The Morgan fingerprint density at radius 3 is 2.32 bits per heavy atom. The van der Waals surface area contributed by atoms with Crippen molar-refractivity contribution in [3.8, 4) is 0 Å². The fourth-order valence-corrected chi connectivity index (χ4v) is 8.55. The Bertz CT molecular complexity index is 998. The lowest BCUT2D eigenvalue weighted by molar-refractivity contribution is -0.162. The number of amides is 2. The number of nitrogens with zero attached hydrogens (tertiary/aromatic N) is 1. The van der Waals surface area contributed by atoms with Crippen LogP contribution in [0.15, 0.2) is 60.7 Å². The number of hydrogen-bond donors (Lipinski definition) is 2. The van der Waals surface area contributed by atoms with Gasteiger partial charge in [-0.05, 0) is 31.5 Å². The zero-order valence-corrected chi connectivity index (χ0v) is 18.3. The van der Waals surface area contributed by atoms with Gasteiger partial charge in [0.15, 0.2) is 0 Å². The smallest absolute Gasteiger partial charge is 0.330 e. The van der Waals surface area contributed by atoms with Crippen LogP contribution in [0.1, 0.15) is 25.8 Å². The van der Waals surface area contributed by atoms with Crippen molar-refractivity contribution in [1.29, 1.82) is 0 Å². The highest BCUT2D eigenvalue weighted by molar-refractivity contribution is 8.46. The summed E-state index contributed by atoms with van der Waals surface area (Å²) in [7, 11) is -2.50. The van der Waals surface area contributed by atoms with Gasteiger partial charge in [0.1, 0.15) is 12.6 Å². The van der Waals surface area contributed by atoms with Crippen molar-refractivity contribution < 1.29 is 24.2 Å². The molecule has 0 aromatic heterocycles. The van der Waals surface area contributed by atoms with Gasteiger partial charge < -0.3 is 20.1 Å². The normalized spacial score (nSPS) is 26.0. The van der Waals surface area contributed by atoms with Gasteiger partial charge in [-0.2, -0.15) is 0 Å². The summed E-state index contributed by atoms with van der Waals surface area (Å²) in [6, 6.07) is 17.3. The Labute approximate surface area is 182 Å². The van der Waals surface area contributed by atoms with E-state index in [0.29, 0.717) is 5.69 Å². The first-order valence-corrected chi connectivity index (χ1v) is 12.0. The van der Waals surface area contributed by atoms with Crippen LogP contribution in [0.25, 0.3) is 0 Å². The molecule has 31 heavy (non-hydrogen) atoms. The largest absolute Gasteiger partial charge is 0.459 e. The Kier molecular flexibility index (Phi) is 5.53. The van der Waals surface area contributed by atoms with E-state index in [1.54, 1.807) is 38.1 Å². The maximum atomic E-state index is 13.5. The number of carbonyl (C=O) groups excluding carboxylic acids is 3. The van der Waals surface area contributed by atoms with E-state index < -0.39 is 38.1 Å². The van der Waals surface area contributed by atoms with Crippen LogP contribution in [0.3, 0.4) is 0 Å². The Morgan fingerprint density at radius 2 is 1.74 bits per heavy atom. The molecule has 2 aliphatic rings. The highest BCUT2D eigenvalue weighted by Crippen LogP contribution is 2.73. The minimum Gasteiger partial charge on any atom is -0.459 e. The second-order valence-electron chi connectivity index (χ2n) is 8.26. The minimum atomic E-state index is -2.50. The zero-order chi connectivity index (χ0) is 22.2. The standard InChI is InChI=1S/C23H26N2O5S/c1-23(2)20(21(28)30-14-16-9-5-3-6-10-16)25-18(27)13-19(25)31(23,15-26)22(29)24-17-11-7-4-8-12-17/h3-12,19-20,26H,13-15H2,1-2H3,(H,24,29)/t19-,20+/m1/s1. The molecule has 164 valence electrons. The van der Waals surface area contributed by atoms with Gasteiger partial charge in [0.2, 0.25) is 5.91 Å². The van der Waals surface area contributed by atoms with Gasteiger partial charge in [-0.1, -0.05) is 48.5 Å². The van der Waals surface area contributed by atoms with Crippen molar-refractivity contribution in [3.63, 3.8) is 0 Å². The quantitative estimate of drug-likeness (QED) is 0.546. The summed E-state index contributed by atoms with van der Waals surface area (Å²) in [5, 5.41) is 12.6. The number of β-lactam (4-membered cyclic amide) rings is 1. The van der Waals surface area contributed by atoms with Crippen molar-refractivity contribution >= 4 is 32.8 Å². The van der Waals surface area contributed by atoms with Crippen molar-refractivity contribution in [2.45, 2.75) is 43.0 Å². The maximum Gasteiger partial charge on any atom is 0.330 e. The van der Waals surface area contributed by atoms with Gasteiger partial charge in [0.05, 0.1) is 17.7 Å². The predicted molar refractivity (Wildman–Crippen MR) is 119 cm³/mol. The van der Waals surface area contributed by atoms with Crippen molar-refractivity contribution in [2.24, 2.45) is 0 Å². The number of nitrogens with one attached hydrogen (secondary N) is 1. The van der Waals surface area contributed by atoms with Crippen molar-refractivity contribution in [2.75, 3.05) is 11.3 Å². The molecule has 3 atom stereocenters. The monoisotopic (exact) mass is 442 g/mol. The first-order chi connectivity index (χ1) is 14.8. The van der Waals surface area contributed by atoms with E-state index in [1.807, 2.05) is 36.4 Å². The van der Waals surface area contributed by atoms with E-state index in [-0.39, 0.29) is 24.2 Å². The summed E-state index contributed by atoms with van der Waals surface area (Å²) in [6.07, 6.45) is 0.143. The fourth-order valence-electron chi connectivity index (χ4n) is 4.54. The molecule has 0 spiro atoms. The summed E-state index contributed by atoms with van der Waals surface area (Å²) >= 11 is 0. The first-order valence-electron chi connectivity index (χ1n) is 10.1. The van der Waals surface area contributed by atoms with Gasteiger partial charge in [-0.3, -0.25) is 9.59 Å². The third kappa shape index (κ3) is 3.30. The third-order valence-electron chi connectivity index (χ3n) is 6.29. The molecular weight excluding hydrogens is 416 g/mol. The van der Waals surface area contributed by atoms with Crippen LogP contribution in [0.2, 0.25) is 0 Å². The molecule has 0 unspecified atom stereocenters. The highest BCUT2D eigenvalue weighted by atomic mass is 32.3. The van der Waals surface area contributed by atoms with Crippen LogP contribution in [0, 0.1) is 0 Å². The zero-order valence-electron chi connectivity index (χ0n) is 17.5. The topological polar surface area (TPSA) is 95.9 Å². The van der Waals surface area contributed by atoms with Gasteiger partial charge in [-0.25, -0.2) is 4.79 Å². The first kappa shape index (κ1) is 21.4. The molecule has 2 heterocycles. The van der Waals surface area contributed by atoms with Gasteiger partial charge in [0.25, 0.3) is 5.24 Å². The summed E-state index contributed by atoms with van der Waals surface area (Å²) in [4.78, 5) is 40.6. The van der Waals surface area contributed by atoms with Gasteiger partial charge in [0, 0.05) is 10.4 Å². The molecule has 2 N–H and O–H groups in total. The average Bonchev–Trinajstić information content (AvgIpc) is 2.93. The number of carbonyl (C=O) groups is 3. The molecule has 0 aliphatic carbocycles. The number of anilines is 1. The van der Waals surface area contributed by atoms with Crippen LogP contribution < -0.4 is 5.32 Å². The maximum absolute atomic E-state index is 13.5. The summed E-state index contributed by atoms with van der Waals surface area (Å²) in [5.74, 6) is -1.16. The molecular formula is C23H26N2O5S. The summed E-state index contributed by atoms with van der Waals surface area (Å²) in [6.45, 7) is 3.64. The third-order valence-corrected chi connectivity index (χ3v) is 10.9. The number of benzene rings is 2. The lowest BCUT2D eigenvalue weighted by atomic mass is 9.98. The number of para-hydroxylation sites is 1. The van der Waals surface area contributed by atoms with E-state index in [0.717, 1.165) is 5.56 Å². The number of aliphatic hydroxyl groups is 1. The fraction of sp³-hybridized carbons (Fsp3) is 0.348. The van der Waals surface area contributed by atoms with E-state index in [4.69, 9.17) is 4.74 Å². The number of fused-ring (bicyclic) bond motifs is 1. The van der Waals surface area contributed by atoms with E-state index in [9.17, 15) is 19.5 Å². The number of aliphatic hydroxyl groups excluding tert-OH is 1. The second-order valence-corrected chi connectivity index (χ2v) is 12.1. The number of esters is 1. The van der Waals surface area contributed by atoms with Crippen LogP contribution in [0.5, 0.6) is 0 Å². The molecule has 0 bridgehead atoms. The Morgan fingerprint density at radius 1 is 1.13 bits per heavy atom. The molecule has 2 aromatic carbocycles. The molecule has 2 aliphatic heterocycles. The van der Waals surface area contributed by atoms with Crippen LogP contribution >= 0.6 is 10.0 Å². The SMILES string of the molecule is CC1(C)[C@H](C(=O)OCc2ccccc2)N2C(=O)C[C@H]2[S@@]1(CO)C(=O)Nc1ccccc1. The molecule has 2 amide bonds. The molecule has 2 aromatic rings. The van der Waals surface area contributed by atoms with Crippen LogP contribution in [-0.4, -0.2) is 49.2 Å². The summed E-state index contributed by atoms with van der Waals surface area (Å²) < 4.78 is 4.58. The van der Waals surface area contributed by atoms with E-state index in [1.165, 1.54) is 4.90 Å². The lowest BCUT2D eigenvalue weighted by Gasteiger charge is -2.48. The minimum absolute atomic E-state index is 0.0800. The number of hydrogen-bond acceptors (Lipinski definition) is 5. The molecule has 4 rings (SSSR count). The molecule has 7 nitrogen and oxygen atoms in total. The lowest BCUT2D eigenvalue weighted by Crippen LogP contribution is -2.57. The second kappa shape index (κ2) is 8.01. The molecule has 8 heteroatoms. The van der Waals surface area contributed by atoms with Gasteiger partial charge >= 0.3 is 5.97 Å². The Balaban J connectivity index is 1.62. The van der Waals surface area contributed by atoms with Crippen molar-refractivity contribution in [1.82, 2.24) is 4.90 Å². The Hall–Kier alpha value is -2.84. The highest BCUT2D eigenvalue weighted by Gasteiger charge is 2.71. The average molecular weight is 443 g/mol. The molecule has 2 fully saturated rings. The molecule has 0 saturated carbocycles. The molecule has 2 saturated heterocycles. The summed E-state index contributed by atoms with van der Waals surface area (Å²) in [5.41, 5.74) is 1.44. The number of rotatable bonds is 5. The molecule has 0 radical (unpaired) electrons. The van der Waals surface area contributed by atoms with E-state index in [2.05, 4.69) is 5.32 Å². The van der Waals surface area contributed by atoms with E-state index >= 15 is 0 Å². The van der Waals surface area contributed by atoms with Crippen LogP contribution in [0.4, 0.5) is 10.5 Å². The number of ether oxygens (including phenoxy) is 1. The van der Waals surface area contributed by atoms with Crippen molar-refractivity contribution in [3.05, 3.63) is 66.2 Å². The van der Waals surface area contributed by atoms with Gasteiger partial charge in [-0.15, -0.1) is 10.0 Å².